The number of rotatable bonds is 33. The van der Waals surface area contributed by atoms with Crippen LogP contribution in [0.1, 0.15) is 230 Å². The van der Waals surface area contributed by atoms with E-state index in [0.717, 1.165) is 32.9 Å². The number of carbonyl (C=O) groups is 17. The molecule has 116 heavy (non-hydrogen) atoms. The molecule has 19 atom stereocenters. The van der Waals surface area contributed by atoms with Gasteiger partial charge in [-0.1, -0.05) is 122 Å². The van der Waals surface area contributed by atoms with Crippen molar-refractivity contribution < 1.29 is 107 Å². The van der Waals surface area contributed by atoms with Gasteiger partial charge in [-0.25, -0.2) is 0 Å². The number of carboxylic acids is 3. The van der Waals surface area contributed by atoms with Gasteiger partial charge in [0, 0.05) is 73.6 Å². The van der Waals surface area contributed by atoms with E-state index in [9.17, 15) is 73.5 Å². The number of nitrogens with zero attached hydrogens (tertiary/aromatic N) is 3. The van der Waals surface area contributed by atoms with Crippen molar-refractivity contribution in [2.45, 2.75) is 308 Å². The fourth-order valence-corrected chi connectivity index (χ4v) is 18.7. The molecule has 5 fully saturated rings. The second-order valence-electron chi connectivity index (χ2n) is 33.0. The Bertz CT molecular complexity index is 3530. The molecule has 4 aliphatic heterocycles. The molecule has 1 aliphatic carbocycles. The number of likely N-dealkylation sites (tertiary alicyclic amines) is 1. The van der Waals surface area contributed by atoms with Crippen molar-refractivity contribution in [3.8, 4) is 0 Å². The third kappa shape index (κ3) is 27.9. The molecule has 11 amide bonds. The molecule has 5 aliphatic rings. The summed E-state index contributed by atoms with van der Waals surface area (Å²) in [5.74, 6) is -23.9. The van der Waals surface area contributed by atoms with Gasteiger partial charge in [-0.05, 0) is 114 Å². The number of carbonyl (C=O) groups excluding carboxylic acids is 14. The summed E-state index contributed by atoms with van der Waals surface area (Å²) in [4.78, 5) is 248. The van der Waals surface area contributed by atoms with E-state index < -0.39 is 258 Å². The number of carboxylic acid groups (broad SMARTS) is 3. The van der Waals surface area contributed by atoms with Crippen LogP contribution in [0.4, 0.5) is 0 Å². The van der Waals surface area contributed by atoms with Gasteiger partial charge in [0.2, 0.25) is 65.0 Å². The Morgan fingerprint density at radius 1 is 0.638 bits per heavy atom. The fraction of sp³-hybridized carbons (Fsp3) is 0.772. The van der Waals surface area contributed by atoms with Crippen molar-refractivity contribution in [1.29, 1.82) is 5.41 Å². The average Bonchev–Trinajstić information content (AvgIpc) is 1.61. The first-order valence-corrected chi connectivity index (χ1v) is 43.5. The minimum atomic E-state index is -1.87. The Kier molecular flexibility index (Phi) is 39.6. The number of aliphatic hydroxyl groups excluding tert-OH is 2. The number of nitrogens with two attached hydrogens (primary N) is 1. The van der Waals surface area contributed by atoms with Crippen LogP contribution < -0.4 is 48.3 Å². The minimum absolute atomic E-state index is 0.0271. The van der Waals surface area contributed by atoms with Crippen LogP contribution >= 0.6 is 21.6 Å². The predicted octanol–water partition coefficient (Wildman–Crippen LogP) is 2.41. The summed E-state index contributed by atoms with van der Waals surface area (Å²) in [7, 11) is 1.84. The number of ketones is 3. The highest BCUT2D eigenvalue weighted by Gasteiger charge is 2.53. The number of aliphatic hydroxyl groups is 2. The Morgan fingerprint density at radius 3 is 1.88 bits per heavy atom. The number of fused-ring (bicyclic) bond motifs is 4. The highest BCUT2D eigenvalue weighted by atomic mass is 33.1. The van der Waals surface area contributed by atoms with E-state index in [1.54, 1.807) is 76.2 Å². The van der Waals surface area contributed by atoms with E-state index in [1.807, 2.05) is 0 Å². The van der Waals surface area contributed by atoms with Gasteiger partial charge in [-0.15, -0.1) is 0 Å². The van der Waals surface area contributed by atoms with Crippen LogP contribution in [0.5, 0.6) is 0 Å². The number of unbranched alkanes of at least 4 members (excludes halogenated alkanes) is 1. The number of hydrogen-bond acceptors (Lipinski definition) is 22. The molecule has 652 valence electrons. The lowest BCUT2D eigenvalue weighted by Crippen LogP contribution is -2.64. The molecule has 0 aromatic heterocycles. The standard InChI is InChI=1S/C79H127N13O22S2/c1-12-22-61(98)86-64(42(7)13-2)72(107)85-52-40-115-116-79(10,11)67(74(109)88-66(44(9)15-4)77(112)90-29-20-26-54(90)70(105)82-49(37-63(101)102)58(96)34-47(78(113)114)36-62(99)100)89-73(108)65(43(8)14-3)87-71(106)56-32-45-23-16-18-25-53(45)92(56)76(111)55-27-21-30-91(55)75(110)50(31-41(5)6)83-69(104)51(39-94)84-68(103)46(24-17-19-28-60(80)81)33-57(95)48(38-93)35-59(52)97/h41-56,64-67,93-94H,12-40H2,1-11H3,(H3,80,81)(H,82,105)(H,83,104)(H,84,103)(H,85,107)(H,86,98)(H,87,106)(H,88,109)(H,89,108)(H,99,100)(H,101,102)(H,113,114)/t42-,43-,44-,45-,46+,47-,48-,49-,50-,51-,52-,53-,54-,55-,56-,64-,65-,66-,67+/m0/s1. The van der Waals surface area contributed by atoms with E-state index in [1.165, 1.54) is 9.80 Å². The lowest BCUT2D eigenvalue weighted by molar-refractivity contribution is -0.150. The molecule has 5 rings (SSSR count). The van der Waals surface area contributed by atoms with Gasteiger partial charge in [0.05, 0.1) is 49.9 Å². The molecule has 0 aromatic carbocycles. The number of amidine groups is 1. The summed E-state index contributed by atoms with van der Waals surface area (Å²) in [6, 6.07) is -16.6. The Hall–Kier alpha value is -8.32. The first-order chi connectivity index (χ1) is 54.7. The van der Waals surface area contributed by atoms with Crippen molar-refractivity contribution in [2.24, 2.45) is 53.1 Å². The third-order valence-corrected chi connectivity index (χ3v) is 26.6. The maximum absolute atomic E-state index is 15.8. The normalized spacial score (nSPS) is 26.9. The van der Waals surface area contributed by atoms with E-state index in [4.69, 9.17) is 11.1 Å². The Balaban J connectivity index is 1.70. The van der Waals surface area contributed by atoms with Crippen molar-refractivity contribution in [1.82, 2.24) is 57.2 Å². The molecule has 0 radical (unpaired) electrons. The van der Waals surface area contributed by atoms with Gasteiger partial charge >= 0.3 is 17.9 Å². The van der Waals surface area contributed by atoms with Gasteiger partial charge in [0.25, 0.3) is 0 Å². The predicted molar refractivity (Wildman–Crippen MR) is 429 cm³/mol. The molecule has 0 unspecified atom stereocenters. The number of aliphatic carboxylic acids is 3. The maximum atomic E-state index is 15.8. The monoisotopic (exact) mass is 1670 g/mol. The van der Waals surface area contributed by atoms with Gasteiger partial charge in [0.15, 0.2) is 11.6 Å². The molecule has 4 saturated heterocycles. The molecule has 1 saturated carbocycles. The van der Waals surface area contributed by atoms with Crippen molar-refractivity contribution in [3.05, 3.63) is 0 Å². The fourth-order valence-electron chi connectivity index (χ4n) is 15.9. The molecule has 0 aromatic rings. The quantitative estimate of drug-likeness (QED) is 0.0194. The SMILES string of the molecule is CCCC(=O)N[C@H](C(=O)N[C@H]1CSSC(C)(C)[C@@H](C(=O)N[C@H](C(=O)N2CCC[C@H]2C(=O)N[C@@H](CC(=O)O)C(=O)C[C@@H](CC(=O)O)C(=O)O)[C@@H](C)CC)NC(=O)[C@H]([C@@H](C)CC)NC(=O)[C@@H]2C[C@@H]3CCCC[C@@H]3N2C(=O)[C@@H]2CCCN2C(=O)[C@H](CC(C)C)NC(=O)[C@H](CO)NC(=O)[C@H](CCCCC(=N)N)CC(=O)[C@H](CO)CC1=O)[C@@H](C)CC. The smallest absolute Gasteiger partial charge is 0.307 e. The number of nitrogens with one attached hydrogen (secondary N) is 9. The number of hydrogen-bond donors (Lipinski definition) is 15. The Labute approximate surface area is 686 Å². The molecule has 0 bridgehead atoms. The molecular formula is C79H127N13O22S2. The zero-order chi connectivity index (χ0) is 86.7. The van der Waals surface area contributed by atoms with Crippen LogP contribution in [0.25, 0.3) is 0 Å². The lowest BCUT2D eigenvalue weighted by atomic mass is 9.84. The summed E-state index contributed by atoms with van der Waals surface area (Å²) < 4.78 is -1.60. The molecule has 35 nitrogen and oxygen atoms in total. The largest absolute Gasteiger partial charge is 0.481 e. The van der Waals surface area contributed by atoms with E-state index in [0.29, 0.717) is 38.5 Å². The maximum Gasteiger partial charge on any atom is 0.307 e. The summed E-state index contributed by atoms with van der Waals surface area (Å²) in [5, 5.41) is 80.4. The molecule has 37 heteroatoms. The summed E-state index contributed by atoms with van der Waals surface area (Å²) in [6.07, 6.45) is 0.963. The molecular weight excluding hydrogens is 1550 g/mol. The second-order valence-corrected chi connectivity index (χ2v) is 36.0. The highest BCUT2D eigenvalue weighted by molar-refractivity contribution is 8.77. The third-order valence-electron chi connectivity index (χ3n) is 23.3. The first-order valence-electron chi connectivity index (χ1n) is 41.1. The zero-order valence-corrected chi connectivity index (χ0v) is 70.6. The van der Waals surface area contributed by atoms with Crippen LogP contribution in [0, 0.1) is 52.8 Å². The molecule has 0 spiro atoms. The number of amides is 11. The summed E-state index contributed by atoms with van der Waals surface area (Å²) >= 11 is 0. The molecule has 16 N–H and O–H groups in total. The van der Waals surface area contributed by atoms with Crippen LogP contribution in [0.2, 0.25) is 0 Å². The highest BCUT2D eigenvalue weighted by Crippen LogP contribution is 2.43. The van der Waals surface area contributed by atoms with E-state index in [2.05, 4.69) is 42.5 Å². The van der Waals surface area contributed by atoms with Crippen LogP contribution in [-0.4, -0.2) is 256 Å². The van der Waals surface area contributed by atoms with Gasteiger partial charge in [-0.2, -0.15) is 0 Å². The summed E-state index contributed by atoms with van der Waals surface area (Å²) in [5.41, 5.74) is 5.67. The zero-order valence-electron chi connectivity index (χ0n) is 69.0. The van der Waals surface area contributed by atoms with Crippen LogP contribution in [-0.2, 0) is 81.5 Å². The van der Waals surface area contributed by atoms with E-state index in [-0.39, 0.29) is 114 Å². The minimum Gasteiger partial charge on any atom is -0.481 e. The van der Waals surface area contributed by atoms with Crippen molar-refractivity contribution >= 4 is 128 Å². The van der Waals surface area contributed by atoms with E-state index >= 15 is 33.6 Å². The summed E-state index contributed by atoms with van der Waals surface area (Å²) in [6.45, 7) is 16.8. The van der Waals surface area contributed by atoms with Crippen molar-refractivity contribution in [3.63, 3.8) is 0 Å². The van der Waals surface area contributed by atoms with Gasteiger partial charge < -0.3 is 88.5 Å². The average molecular weight is 1680 g/mol. The second kappa shape index (κ2) is 46.7. The number of Topliss-reactive ketones (excluding diaryl/α,β-unsaturated/α-hetero) is 3. The lowest BCUT2D eigenvalue weighted by Gasteiger charge is -2.39. The topological polar surface area (TPSA) is 547 Å². The van der Waals surface area contributed by atoms with Crippen molar-refractivity contribution in [2.75, 3.05) is 32.1 Å². The first kappa shape index (κ1) is 98.3. The van der Waals surface area contributed by atoms with Crippen LogP contribution in [0.3, 0.4) is 0 Å². The van der Waals surface area contributed by atoms with Crippen LogP contribution in [0.15, 0.2) is 0 Å². The van der Waals surface area contributed by atoms with Gasteiger partial charge in [0.1, 0.15) is 60.2 Å². The Morgan fingerprint density at radius 2 is 1.28 bits per heavy atom. The van der Waals surface area contributed by atoms with Gasteiger partial charge in [-0.3, -0.25) is 86.9 Å². The molecule has 4 heterocycles.